The highest BCUT2D eigenvalue weighted by molar-refractivity contribution is 5.83. The lowest BCUT2D eigenvalue weighted by atomic mass is 10.0. The van der Waals surface area contributed by atoms with Crippen LogP contribution in [-0.4, -0.2) is 28.8 Å². The van der Waals surface area contributed by atoms with Crippen LogP contribution in [0.2, 0.25) is 0 Å². The van der Waals surface area contributed by atoms with Crippen molar-refractivity contribution in [1.29, 1.82) is 0 Å². The summed E-state index contributed by atoms with van der Waals surface area (Å²) in [5, 5.41) is 4.68. The Bertz CT molecular complexity index is 1050. The van der Waals surface area contributed by atoms with Crippen molar-refractivity contribution in [3.05, 3.63) is 83.2 Å². The molecule has 0 spiro atoms. The topological polar surface area (TPSA) is 58.6 Å². The van der Waals surface area contributed by atoms with E-state index in [-0.39, 0.29) is 6.29 Å². The van der Waals surface area contributed by atoms with E-state index in [0.29, 0.717) is 6.54 Å². The van der Waals surface area contributed by atoms with Crippen LogP contribution in [0.1, 0.15) is 24.0 Å². The molecule has 0 saturated heterocycles. The third-order valence-electron chi connectivity index (χ3n) is 5.68. The highest BCUT2D eigenvalue weighted by Gasteiger charge is 2.30. The Balaban J connectivity index is 1.63. The van der Waals surface area contributed by atoms with E-state index < -0.39 is 0 Å². The Morgan fingerprint density at radius 2 is 1.89 bits per heavy atom. The number of nitrogens with one attached hydrogen (secondary N) is 1. The zero-order chi connectivity index (χ0) is 18.9. The van der Waals surface area contributed by atoms with Crippen LogP contribution in [-0.2, 0) is 13.1 Å². The summed E-state index contributed by atoms with van der Waals surface area (Å²) in [5.41, 5.74) is 12.4. The lowest BCUT2D eigenvalue weighted by Gasteiger charge is -2.40. The fourth-order valence-electron chi connectivity index (χ4n) is 4.34. The highest BCUT2D eigenvalue weighted by Crippen LogP contribution is 2.35. The van der Waals surface area contributed by atoms with Crippen molar-refractivity contribution in [3.63, 3.8) is 0 Å². The first-order valence-electron chi connectivity index (χ1n) is 9.90. The lowest BCUT2D eigenvalue weighted by molar-refractivity contribution is 0.173. The maximum atomic E-state index is 6.14. The molecule has 5 rings (SSSR count). The number of nitrogens with zero attached hydrogens (tertiary/aromatic N) is 3. The van der Waals surface area contributed by atoms with E-state index in [1.807, 2.05) is 0 Å². The van der Waals surface area contributed by atoms with Gasteiger partial charge in [0.15, 0.2) is 0 Å². The molecule has 1 unspecified atom stereocenters. The van der Waals surface area contributed by atoms with Crippen molar-refractivity contribution < 1.29 is 0 Å². The summed E-state index contributed by atoms with van der Waals surface area (Å²) in [4.78, 5) is 7.46. The number of hydrogen-bond acceptors (Lipinski definition) is 4. The summed E-state index contributed by atoms with van der Waals surface area (Å²) in [6, 6.07) is 21.3. The van der Waals surface area contributed by atoms with Crippen molar-refractivity contribution in [2.24, 2.45) is 10.7 Å². The number of rotatable bonds is 4. The Hall–Kier alpha value is -2.89. The summed E-state index contributed by atoms with van der Waals surface area (Å²) in [6.07, 6.45) is 2.96. The van der Waals surface area contributed by atoms with E-state index in [2.05, 4.69) is 81.7 Å². The standard InChI is InChI=1S/C23H25N5/c24-13-20-12-18-8-4-5-9-22(18)28(20)23-26-15-19-14-25-11-10-21(19)27(23)16-17-6-2-1-3-7-17/h1-9,12,15,23,25H,10-11,13-14,16,24H2. The van der Waals surface area contributed by atoms with E-state index in [1.54, 1.807) is 0 Å². The van der Waals surface area contributed by atoms with E-state index in [0.717, 1.165) is 31.7 Å². The Labute approximate surface area is 165 Å². The highest BCUT2D eigenvalue weighted by atomic mass is 15.4. The first-order chi connectivity index (χ1) is 13.8. The minimum Gasteiger partial charge on any atom is -0.331 e. The van der Waals surface area contributed by atoms with Crippen LogP contribution in [0.3, 0.4) is 0 Å². The van der Waals surface area contributed by atoms with Crippen LogP contribution in [0.5, 0.6) is 0 Å². The van der Waals surface area contributed by atoms with Crippen molar-refractivity contribution in [2.45, 2.75) is 25.8 Å². The van der Waals surface area contributed by atoms with Gasteiger partial charge in [-0.15, -0.1) is 0 Å². The average molecular weight is 371 g/mol. The number of benzene rings is 2. The molecule has 2 aliphatic rings. The van der Waals surface area contributed by atoms with Gasteiger partial charge in [0.05, 0.1) is 5.52 Å². The molecule has 5 nitrogen and oxygen atoms in total. The van der Waals surface area contributed by atoms with E-state index in [1.165, 1.54) is 27.7 Å². The minimum atomic E-state index is -0.115. The molecule has 2 aromatic carbocycles. The molecule has 1 atom stereocenters. The predicted molar refractivity (Wildman–Crippen MR) is 114 cm³/mol. The molecule has 142 valence electrons. The second-order valence-corrected chi connectivity index (χ2v) is 7.41. The monoisotopic (exact) mass is 371 g/mol. The molecule has 3 aromatic rings. The van der Waals surface area contributed by atoms with Crippen molar-refractivity contribution in [2.75, 3.05) is 13.1 Å². The zero-order valence-corrected chi connectivity index (χ0v) is 15.9. The van der Waals surface area contributed by atoms with Crippen molar-refractivity contribution >= 4 is 17.1 Å². The Kier molecular flexibility index (Phi) is 4.47. The number of fused-ring (bicyclic) bond motifs is 1. The Morgan fingerprint density at radius 3 is 2.75 bits per heavy atom. The Morgan fingerprint density at radius 1 is 1.07 bits per heavy atom. The number of hydrogen-bond donors (Lipinski definition) is 2. The van der Waals surface area contributed by atoms with E-state index in [4.69, 9.17) is 10.7 Å². The van der Waals surface area contributed by atoms with Gasteiger partial charge in [0.1, 0.15) is 0 Å². The average Bonchev–Trinajstić information content (AvgIpc) is 3.13. The van der Waals surface area contributed by atoms with Gasteiger partial charge < -0.3 is 20.5 Å². The SMILES string of the molecule is NCc1cc2ccccc2n1C1N=CC2=C(CCNC2)N1Cc1ccccc1. The molecule has 0 radical (unpaired) electrons. The number of nitrogens with two attached hydrogens (primary N) is 1. The molecule has 3 N–H and O–H groups in total. The third-order valence-corrected chi connectivity index (χ3v) is 5.68. The van der Waals surface area contributed by atoms with Crippen molar-refractivity contribution in [1.82, 2.24) is 14.8 Å². The molecule has 0 bridgehead atoms. The summed E-state index contributed by atoms with van der Waals surface area (Å²) < 4.78 is 2.31. The van der Waals surface area contributed by atoms with Crippen LogP contribution in [0.15, 0.2) is 76.9 Å². The first-order valence-corrected chi connectivity index (χ1v) is 9.90. The predicted octanol–water partition coefficient (Wildman–Crippen LogP) is 3.39. The summed E-state index contributed by atoms with van der Waals surface area (Å²) >= 11 is 0. The van der Waals surface area contributed by atoms with Gasteiger partial charge in [0.2, 0.25) is 6.29 Å². The smallest absolute Gasteiger partial charge is 0.203 e. The van der Waals surface area contributed by atoms with Crippen LogP contribution in [0, 0.1) is 0 Å². The fourth-order valence-corrected chi connectivity index (χ4v) is 4.34. The fraction of sp³-hybridized carbons (Fsp3) is 0.261. The molecule has 28 heavy (non-hydrogen) atoms. The van der Waals surface area contributed by atoms with Crippen LogP contribution in [0.25, 0.3) is 10.9 Å². The second-order valence-electron chi connectivity index (χ2n) is 7.41. The van der Waals surface area contributed by atoms with Gasteiger partial charge in [0.25, 0.3) is 0 Å². The van der Waals surface area contributed by atoms with Gasteiger partial charge in [-0.05, 0) is 17.7 Å². The summed E-state index contributed by atoms with van der Waals surface area (Å²) in [5.74, 6) is 0. The normalized spacial score (nSPS) is 19.3. The summed E-state index contributed by atoms with van der Waals surface area (Å²) in [6.45, 7) is 3.21. The quantitative estimate of drug-likeness (QED) is 0.739. The number of para-hydroxylation sites is 1. The number of aromatic nitrogens is 1. The molecular weight excluding hydrogens is 346 g/mol. The lowest BCUT2D eigenvalue weighted by Crippen LogP contribution is -2.40. The molecule has 3 heterocycles. The molecule has 0 saturated carbocycles. The molecule has 0 aliphatic carbocycles. The molecule has 0 fully saturated rings. The van der Waals surface area contributed by atoms with Gasteiger partial charge >= 0.3 is 0 Å². The van der Waals surface area contributed by atoms with Gasteiger partial charge in [-0.25, -0.2) is 4.99 Å². The van der Waals surface area contributed by atoms with Gasteiger partial charge in [-0.2, -0.15) is 0 Å². The molecule has 2 aliphatic heterocycles. The van der Waals surface area contributed by atoms with Crippen molar-refractivity contribution in [3.8, 4) is 0 Å². The second kappa shape index (κ2) is 7.26. The van der Waals surface area contributed by atoms with Gasteiger partial charge in [0, 0.05) is 61.2 Å². The van der Waals surface area contributed by atoms with Crippen LogP contribution < -0.4 is 11.1 Å². The van der Waals surface area contributed by atoms with Gasteiger partial charge in [-0.1, -0.05) is 48.5 Å². The van der Waals surface area contributed by atoms with E-state index >= 15 is 0 Å². The molecular formula is C23H25N5. The first kappa shape index (κ1) is 17.2. The molecule has 5 heteroatoms. The number of aliphatic imine (C=N–C) groups is 1. The molecule has 0 amide bonds. The minimum absolute atomic E-state index is 0.115. The van der Waals surface area contributed by atoms with Gasteiger partial charge in [-0.3, -0.25) is 0 Å². The summed E-state index contributed by atoms with van der Waals surface area (Å²) in [7, 11) is 0. The zero-order valence-electron chi connectivity index (χ0n) is 15.9. The largest absolute Gasteiger partial charge is 0.331 e. The van der Waals surface area contributed by atoms with E-state index in [9.17, 15) is 0 Å². The maximum absolute atomic E-state index is 6.14. The van der Waals surface area contributed by atoms with Crippen LogP contribution >= 0.6 is 0 Å². The third kappa shape index (κ3) is 2.93. The van der Waals surface area contributed by atoms with Crippen LogP contribution in [0.4, 0.5) is 0 Å². The molecule has 1 aromatic heterocycles. The maximum Gasteiger partial charge on any atom is 0.203 e.